The summed E-state index contributed by atoms with van der Waals surface area (Å²) in [7, 11) is 0. The number of carbonyl (C=O) groups is 2. The first kappa shape index (κ1) is 30.2. The third kappa shape index (κ3) is 6.98. The molecule has 43 heavy (non-hydrogen) atoms. The molecule has 2 fully saturated rings. The number of nitrogens with one attached hydrogen (secondary N) is 2. The number of aryl methyl sites for hydroxylation is 3. The highest BCUT2D eigenvalue weighted by Crippen LogP contribution is 2.38. The molecular formula is C32H39BrClN7O2. The summed E-state index contributed by atoms with van der Waals surface area (Å²) in [6.07, 6.45) is 9.79. The van der Waals surface area contributed by atoms with Crippen molar-refractivity contribution >= 4 is 39.3 Å². The molecule has 11 heteroatoms. The minimum atomic E-state index is -0.592. The Morgan fingerprint density at radius 3 is 2.72 bits per heavy atom. The van der Waals surface area contributed by atoms with Gasteiger partial charge >= 0.3 is 0 Å². The van der Waals surface area contributed by atoms with Crippen molar-refractivity contribution in [3.05, 3.63) is 80.6 Å². The van der Waals surface area contributed by atoms with Gasteiger partial charge in [0.2, 0.25) is 11.8 Å². The molecule has 2 aromatic heterocycles. The van der Waals surface area contributed by atoms with E-state index in [9.17, 15) is 9.59 Å². The van der Waals surface area contributed by atoms with Crippen LogP contribution in [0.3, 0.4) is 0 Å². The highest BCUT2D eigenvalue weighted by atomic mass is 79.9. The van der Waals surface area contributed by atoms with Crippen molar-refractivity contribution in [3.63, 3.8) is 0 Å². The number of pyridine rings is 1. The highest BCUT2D eigenvalue weighted by Gasteiger charge is 2.40. The molecular weight excluding hydrogens is 630 g/mol. The number of aromatic nitrogens is 3. The second kappa shape index (κ2) is 13.5. The molecule has 0 radical (unpaired) electrons. The van der Waals surface area contributed by atoms with Crippen LogP contribution in [0.15, 0.2) is 47.5 Å². The Bertz CT molecular complexity index is 1420. The number of hydrogen-bond donors (Lipinski definition) is 2. The Labute approximate surface area is 266 Å². The van der Waals surface area contributed by atoms with Gasteiger partial charge in [0.05, 0.1) is 23.8 Å². The van der Waals surface area contributed by atoms with Crippen LogP contribution >= 0.6 is 27.5 Å². The van der Waals surface area contributed by atoms with Crippen LogP contribution in [-0.2, 0) is 29.0 Å². The summed E-state index contributed by atoms with van der Waals surface area (Å²) in [5.41, 5.74) is 5.51. The van der Waals surface area contributed by atoms with Gasteiger partial charge in [-0.15, -0.1) is 0 Å². The lowest BCUT2D eigenvalue weighted by molar-refractivity contribution is -0.145. The van der Waals surface area contributed by atoms with Gasteiger partial charge < -0.3 is 20.1 Å². The first-order valence-electron chi connectivity index (χ1n) is 15.3. The normalized spacial score (nSPS) is 21.1. The van der Waals surface area contributed by atoms with Gasteiger partial charge in [0.15, 0.2) is 0 Å². The van der Waals surface area contributed by atoms with E-state index in [0.29, 0.717) is 45.1 Å². The average Bonchev–Trinajstić information content (AvgIpc) is 3.35. The fourth-order valence-electron chi connectivity index (χ4n) is 6.81. The van der Waals surface area contributed by atoms with Crippen LogP contribution < -0.4 is 10.6 Å². The number of rotatable bonds is 7. The van der Waals surface area contributed by atoms with E-state index in [0.717, 1.165) is 59.7 Å². The van der Waals surface area contributed by atoms with Crippen molar-refractivity contribution in [1.29, 1.82) is 0 Å². The van der Waals surface area contributed by atoms with E-state index >= 15 is 0 Å². The lowest BCUT2D eigenvalue weighted by Gasteiger charge is -2.44. The molecule has 2 saturated heterocycles. The first-order chi connectivity index (χ1) is 20.9. The Morgan fingerprint density at radius 2 is 1.93 bits per heavy atom. The van der Waals surface area contributed by atoms with Crippen LogP contribution in [0.1, 0.15) is 53.4 Å². The molecule has 3 aliphatic rings. The van der Waals surface area contributed by atoms with E-state index < -0.39 is 6.04 Å². The van der Waals surface area contributed by atoms with Crippen molar-refractivity contribution in [2.45, 2.75) is 57.7 Å². The summed E-state index contributed by atoms with van der Waals surface area (Å²) in [6, 6.07) is 7.54. The fraction of sp³-hybridized carbons (Fsp3) is 0.500. The maximum atomic E-state index is 13.9. The maximum absolute atomic E-state index is 13.9. The molecule has 3 aromatic rings. The number of hydrogen-bond acceptors (Lipinski definition) is 6. The molecule has 0 bridgehead atoms. The lowest BCUT2D eigenvalue weighted by atomic mass is 9.92. The van der Waals surface area contributed by atoms with Crippen molar-refractivity contribution in [2.24, 2.45) is 5.92 Å². The number of nitrogens with zero attached hydrogens (tertiary/aromatic N) is 5. The summed E-state index contributed by atoms with van der Waals surface area (Å²) in [5.74, 6) is 0.314. The van der Waals surface area contributed by atoms with E-state index in [1.165, 1.54) is 16.7 Å². The molecule has 228 valence electrons. The molecule has 2 amide bonds. The maximum Gasteiger partial charge on any atom is 0.244 e. The number of carbonyl (C=O) groups excluding carboxylic acids is 2. The molecule has 2 atom stereocenters. The van der Waals surface area contributed by atoms with Gasteiger partial charge in [-0.05, 0) is 102 Å². The van der Waals surface area contributed by atoms with Gasteiger partial charge in [-0.3, -0.25) is 19.5 Å². The Kier molecular flexibility index (Phi) is 9.47. The third-order valence-electron chi connectivity index (χ3n) is 9.04. The van der Waals surface area contributed by atoms with E-state index in [1.54, 1.807) is 6.33 Å². The van der Waals surface area contributed by atoms with E-state index in [-0.39, 0.29) is 17.9 Å². The SMILES string of the molecule is Cc1cn(CCNC(=O)[C@H]2CN(C3c4ccc(Cl)cc4CCc4cc(Br)cnc43)CCN2C(=O)CC2CCNCC2)cn1. The summed E-state index contributed by atoms with van der Waals surface area (Å²) in [6.45, 7) is 6.49. The topological polar surface area (TPSA) is 95.4 Å². The number of halogens is 2. The number of fused-ring (bicyclic) bond motifs is 2. The lowest BCUT2D eigenvalue weighted by Crippen LogP contribution is -2.61. The minimum absolute atomic E-state index is 0.0763. The number of amides is 2. The number of imidazole rings is 1. The van der Waals surface area contributed by atoms with Gasteiger partial charge in [-0.25, -0.2) is 4.98 Å². The van der Waals surface area contributed by atoms with Gasteiger partial charge in [-0.1, -0.05) is 17.7 Å². The van der Waals surface area contributed by atoms with Crippen LogP contribution in [0.4, 0.5) is 0 Å². The summed E-state index contributed by atoms with van der Waals surface area (Å²) in [5, 5.41) is 7.23. The predicted molar refractivity (Wildman–Crippen MR) is 170 cm³/mol. The van der Waals surface area contributed by atoms with Crippen LogP contribution in [0.25, 0.3) is 0 Å². The van der Waals surface area contributed by atoms with Crippen LogP contribution in [0.5, 0.6) is 0 Å². The monoisotopic (exact) mass is 667 g/mol. The van der Waals surface area contributed by atoms with Crippen LogP contribution in [0, 0.1) is 12.8 Å². The molecule has 6 rings (SSSR count). The summed E-state index contributed by atoms with van der Waals surface area (Å²) < 4.78 is 2.92. The summed E-state index contributed by atoms with van der Waals surface area (Å²) >= 11 is 10.1. The number of piperazine rings is 1. The molecule has 4 heterocycles. The van der Waals surface area contributed by atoms with Crippen molar-refractivity contribution < 1.29 is 9.59 Å². The average molecular weight is 669 g/mol. The second-order valence-electron chi connectivity index (χ2n) is 12.0. The largest absolute Gasteiger partial charge is 0.352 e. The minimum Gasteiger partial charge on any atom is -0.352 e. The van der Waals surface area contributed by atoms with Gasteiger partial charge in [-0.2, -0.15) is 0 Å². The quantitative estimate of drug-likeness (QED) is 0.397. The first-order valence-corrected chi connectivity index (χ1v) is 16.5. The molecule has 2 N–H and O–H groups in total. The zero-order valence-corrected chi connectivity index (χ0v) is 26.9. The van der Waals surface area contributed by atoms with Crippen LogP contribution in [0.2, 0.25) is 5.02 Å². The summed E-state index contributed by atoms with van der Waals surface area (Å²) in [4.78, 5) is 41.0. The van der Waals surface area contributed by atoms with Crippen LogP contribution in [-0.4, -0.2) is 81.5 Å². The third-order valence-corrected chi connectivity index (χ3v) is 9.71. The number of benzene rings is 1. The number of piperidine rings is 1. The molecule has 1 aliphatic carbocycles. The van der Waals surface area contributed by atoms with Crippen molar-refractivity contribution in [3.8, 4) is 0 Å². The standard InChI is InChI=1S/C32H39BrClN7O2/c1-21-18-39(20-38-21)11-10-36-32(43)28-19-40(12-13-41(28)29(42)14-22-6-8-35-9-7-22)31-27-5-4-26(34)16-23(27)2-3-24-15-25(33)17-37-30(24)31/h4-5,15-18,20,22,28,31,35H,2-3,6-14,19H2,1H3,(H,36,43)/t28-,31?/m1/s1. The molecule has 0 saturated carbocycles. The molecule has 0 spiro atoms. The fourth-order valence-corrected chi connectivity index (χ4v) is 7.39. The predicted octanol–water partition coefficient (Wildman–Crippen LogP) is 3.91. The smallest absolute Gasteiger partial charge is 0.244 e. The van der Waals surface area contributed by atoms with Gasteiger partial charge in [0.1, 0.15) is 6.04 Å². The van der Waals surface area contributed by atoms with Gasteiger partial charge in [0, 0.05) is 61.0 Å². The molecule has 2 aliphatic heterocycles. The Balaban J connectivity index is 1.27. The Hall–Kier alpha value is -2.79. The molecule has 1 unspecified atom stereocenters. The Morgan fingerprint density at radius 1 is 1.12 bits per heavy atom. The van der Waals surface area contributed by atoms with Crippen molar-refractivity contribution in [2.75, 3.05) is 39.3 Å². The van der Waals surface area contributed by atoms with E-state index in [2.05, 4.69) is 54.6 Å². The second-order valence-corrected chi connectivity index (χ2v) is 13.3. The highest BCUT2D eigenvalue weighted by molar-refractivity contribution is 9.10. The molecule has 9 nitrogen and oxygen atoms in total. The zero-order chi connectivity index (χ0) is 29.9. The van der Waals surface area contributed by atoms with Crippen molar-refractivity contribution in [1.82, 2.24) is 35.0 Å². The molecule has 1 aromatic carbocycles. The zero-order valence-electron chi connectivity index (χ0n) is 24.6. The van der Waals surface area contributed by atoms with E-state index in [1.807, 2.05) is 34.9 Å². The van der Waals surface area contributed by atoms with Gasteiger partial charge in [0.25, 0.3) is 0 Å². The van der Waals surface area contributed by atoms with E-state index in [4.69, 9.17) is 16.6 Å².